The Morgan fingerprint density at radius 2 is 1.88 bits per heavy atom. The Morgan fingerprint density at radius 3 is 2.66 bits per heavy atom. The molecule has 32 heavy (non-hydrogen) atoms. The van der Waals surface area contributed by atoms with Crippen LogP contribution in [0.25, 0.3) is 23.0 Å². The van der Waals surface area contributed by atoms with Crippen molar-refractivity contribution >= 4 is 5.82 Å². The zero-order valence-corrected chi connectivity index (χ0v) is 18.1. The van der Waals surface area contributed by atoms with Gasteiger partial charge >= 0.3 is 0 Å². The van der Waals surface area contributed by atoms with E-state index in [2.05, 4.69) is 41.5 Å². The first kappa shape index (κ1) is 19.0. The molecule has 162 valence electrons. The monoisotopic (exact) mass is 428 g/mol. The number of imidazole rings is 1. The van der Waals surface area contributed by atoms with E-state index in [1.807, 2.05) is 17.7 Å². The van der Waals surface area contributed by atoms with Gasteiger partial charge in [-0.25, -0.2) is 19.9 Å². The van der Waals surface area contributed by atoms with Crippen LogP contribution in [0.1, 0.15) is 56.6 Å². The van der Waals surface area contributed by atoms with Gasteiger partial charge in [0.1, 0.15) is 24.2 Å². The molecule has 1 aliphatic carbocycles. The van der Waals surface area contributed by atoms with Crippen LogP contribution >= 0.6 is 0 Å². The summed E-state index contributed by atoms with van der Waals surface area (Å²) in [6, 6.07) is 0.580. The Labute approximate surface area is 185 Å². The largest absolute Gasteiger partial charge is 0.341 e. The van der Waals surface area contributed by atoms with Crippen LogP contribution in [0.3, 0.4) is 0 Å². The molecule has 4 aromatic rings. The summed E-state index contributed by atoms with van der Waals surface area (Å²) in [4.78, 5) is 25.3. The first-order chi connectivity index (χ1) is 15.8. The van der Waals surface area contributed by atoms with Crippen molar-refractivity contribution < 1.29 is 0 Å². The molecule has 1 saturated carbocycles. The lowest BCUT2D eigenvalue weighted by Gasteiger charge is -2.41. The Kier molecular flexibility index (Phi) is 4.44. The molecule has 0 bridgehead atoms. The second kappa shape index (κ2) is 7.47. The van der Waals surface area contributed by atoms with Gasteiger partial charge in [0.05, 0.1) is 17.3 Å². The third-order valence-electron chi connectivity index (χ3n) is 6.50. The van der Waals surface area contributed by atoms with Crippen LogP contribution < -0.4 is 4.90 Å². The number of hydrogen-bond donors (Lipinski definition) is 0. The molecule has 5 heterocycles. The van der Waals surface area contributed by atoms with Gasteiger partial charge in [0.25, 0.3) is 0 Å². The van der Waals surface area contributed by atoms with Crippen LogP contribution in [0.2, 0.25) is 0 Å². The SMILES string of the molecule is CC[C@@H]1c2nncn2-c2c(C)nc(-n3ccnc3-c3cncnc3)nc2N1C1CCCC1. The Balaban J connectivity index is 1.56. The summed E-state index contributed by atoms with van der Waals surface area (Å²) in [5, 5.41) is 8.71. The molecule has 0 unspecified atom stereocenters. The molecule has 1 aliphatic heterocycles. The molecule has 10 nitrogen and oxygen atoms in total. The van der Waals surface area contributed by atoms with E-state index in [0.717, 1.165) is 35.0 Å². The van der Waals surface area contributed by atoms with Gasteiger partial charge in [0.15, 0.2) is 11.6 Å². The van der Waals surface area contributed by atoms with Crippen molar-refractivity contribution in [3.63, 3.8) is 0 Å². The van der Waals surface area contributed by atoms with Crippen LogP contribution in [-0.2, 0) is 0 Å². The quantitative estimate of drug-likeness (QED) is 0.488. The lowest BCUT2D eigenvalue weighted by molar-refractivity contribution is 0.467. The fourth-order valence-electron chi connectivity index (χ4n) is 5.10. The number of rotatable bonds is 4. The Bertz CT molecular complexity index is 1250. The molecule has 10 heteroatoms. The van der Waals surface area contributed by atoms with E-state index in [1.54, 1.807) is 24.9 Å². The van der Waals surface area contributed by atoms with Crippen molar-refractivity contribution in [2.75, 3.05) is 4.90 Å². The summed E-state index contributed by atoms with van der Waals surface area (Å²) in [7, 11) is 0. The average molecular weight is 429 g/mol. The van der Waals surface area contributed by atoms with Gasteiger partial charge in [-0.05, 0) is 26.2 Å². The van der Waals surface area contributed by atoms with Crippen molar-refractivity contribution in [2.24, 2.45) is 0 Å². The minimum Gasteiger partial charge on any atom is -0.341 e. The first-order valence-electron chi connectivity index (χ1n) is 11.1. The van der Waals surface area contributed by atoms with Crippen molar-refractivity contribution in [3.05, 3.63) is 49.0 Å². The standard InChI is InChI=1S/C22H24N10/c1-3-17-20-29-26-13-31(20)18-14(2)27-22(28-21(18)32(17)16-6-4-5-7-16)30-9-8-25-19(30)15-10-23-12-24-11-15/h8-13,16-17H,3-7H2,1-2H3/t17-/m1/s1. The number of fused-ring (bicyclic) bond motifs is 3. The first-order valence-corrected chi connectivity index (χ1v) is 11.1. The van der Waals surface area contributed by atoms with E-state index in [0.29, 0.717) is 17.8 Å². The molecule has 2 aliphatic rings. The molecule has 1 fully saturated rings. The van der Waals surface area contributed by atoms with E-state index in [4.69, 9.17) is 9.97 Å². The lowest BCUT2D eigenvalue weighted by atomic mass is 10.0. The molecule has 4 aromatic heterocycles. The number of nitrogens with zero attached hydrogens (tertiary/aromatic N) is 10. The predicted molar refractivity (Wildman–Crippen MR) is 118 cm³/mol. The summed E-state index contributed by atoms with van der Waals surface area (Å²) in [5.41, 5.74) is 2.67. The van der Waals surface area contributed by atoms with Crippen LogP contribution in [0.4, 0.5) is 5.82 Å². The highest BCUT2D eigenvalue weighted by Crippen LogP contribution is 2.43. The van der Waals surface area contributed by atoms with Crippen molar-refractivity contribution in [3.8, 4) is 23.0 Å². The summed E-state index contributed by atoms with van der Waals surface area (Å²) in [6.07, 6.45) is 16.2. The van der Waals surface area contributed by atoms with Crippen LogP contribution in [0, 0.1) is 6.92 Å². The maximum atomic E-state index is 5.13. The molecule has 1 atom stereocenters. The van der Waals surface area contributed by atoms with Gasteiger partial charge in [-0.15, -0.1) is 10.2 Å². The summed E-state index contributed by atoms with van der Waals surface area (Å²) in [5.74, 6) is 3.22. The predicted octanol–water partition coefficient (Wildman–Crippen LogP) is 3.22. The van der Waals surface area contributed by atoms with Gasteiger partial charge in [0, 0.05) is 30.8 Å². The second-order valence-corrected chi connectivity index (χ2v) is 8.36. The van der Waals surface area contributed by atoms with Crippen molar-refractivity contribution in [2.45, 2.75) is 58.0 Å². The molecule has 0 aromatic carbocycles. The molecule has 0 amide bonds. The van der Waals surface area contributed by atoms with E-state index in [9.17, 15) is 0 Å². The fraction of sp³-hybridized carbons (Fsp3) is 0.409. The van der Waals surface area contributed by atoms with Crippen LogP contribution in [0.5, 0.6) is 0 Å². The number of aromatic nitrogens is 9. The van der Waals surface area contributed by atoms with Crippen molar-refractivity contribution in [1.29, 1.82) is 0 Å². The van der Waals surface area contributed by atoms with Gasteiger partial charge in [0.2, 0.25) is 5.95 Å². The zero-order valence-electron chi connectivity index (χ0n) is 18.1. The Morgan fingerprint density at radius 1 is 1.06 bits per heavy atom. The van der Waals surface area contributed by atoms with E-state index >= 15 is 0 Å². The zero-order chi connectivity index (χ0) is 21.7. The minimum atomic E-state index is 0.139. The van der Waals surface area contributed by atoms with Gasteiger partial charge in [-0.2, -0.15) is 4.98 Å². The maximum absolute atomic E-state index is 5.13. The fourth-order valence-corrected chi connectivity index (χ4v) is 5.10. The molecule has 0 spiro atoms. The molecular weight excluding hydrogens is 404 g/mol. The average Bonchev–Trinajstić information content (AvgIpc) is 3.59. The third-order valence-corrected chi connectivity index (χ3v) is 6.50. The number of aryl methyl sites for hydroxylation is 1. The topological polar surface area (TPSA) is 103 Å². The normalized spacial score (nSPS) is 18.1. The second-order valence-electron chi connectivity index (χ2n) is 8.36. The van der Waals surface area contributed by atoms with Crippen LogP contribution in [0.15, 0.2) is 37.4 Å². The number of anilines is 1. The highest BCUT2D eigenvalue weighted by Gasteiger charge is 2.39. The van der Waals surface area contributed by atoms with E-state index < -0.39 is 0 Å². The maximum Gasteiger partial charge on any atom is 0.237 e. The summed E-state index contributed by atoms with van der Waals surface area (Å²) in [6.45, 7) is 4.23. The van der Waals surface area contributed by atoms with E-state index in [-0.39, 0.29) is 6.04 Å². The molecule has 0 N–H and O–H groups in total. The van der Waals surface area contributed by atoms with Crippen LogP contribution in [-0.4, -0.2) is 50.3 Å². The minimum absolute atomic E-state index is 0.139. The smallest absolute Gasteiger partial charge is 0.237 e. The number of hydrogen-bond acceptors (Lipinski definition) is 8. The highest BCUT2D eigenvalue weighted by molar-refractivity contribution is 5.66. The molecule has 0 saturated heterocycles. The van der Waals surface area contributed by atoms with Gasteiger partial charge in [-0.1, -0.05) is 19.8 Å². The lowest BCUT2D eigenvalue weighted by Crippen LogP contribution is -2.42. The third kappa shape index (κ3) is 2.82. The molecule has 6 rings (SSSR count). The van der Waals surface area contributed by atoms with E-state index in [1.165, 1.54) is 32.0 Å². The molecular formula is C22H24N10. The van der Waals surface area contributed by atoms with Gasteiger partial charge < -0.3 is 4.90 Å². The Hall–Kier alpha value is -3.69. The highest BCUT2D eigenvalue weighted by atomic mass is 15.4. The van der Waals surface area contributed by atoms with Crippen molar-refractivity contribution in [1.82, 2.24) is 44.3 Å². The summed E-state index contributed by atoms with van der Waals surface area (Å²) < 4.78 is 3.97. The summed E-state index contributed by atoms with van der Waals surface area (Å²) >= 11 is 0. The van der Waals surface area contributed by atoms with Gasteiger partial charge in [-0.3, -0.25) is 9.13 Å². The molecule has 0 radical (unpaired) electrons.